The minimum absolute atomic E-state index is 0.206. The average Bonchev–Trinajstić information content (AvgIpc) is 2.75. The van der Waals surface area contributed by atoms with E-state index in [1.165, 1.54) is 11.9 Å². The maximum Gasteiger partial charge on any atom is 0.111 e. The molecule has 0 aliphatic heterocycles. The van der Waals surface area contributed by atoms with Gasteiger partial charge in [-0.3, -0.25) is 0 Å². The minimum Gasteiger partial charge on any atom is -0.328 e. The standard InChI is InChI=1S/C16H25N3/c1-4-12(3)10-13(17)11-16-18-14-8-6-7-9-15(14)19(16)5-2/h6-9,12-13H,4-5,10-11,17H2,1-3H3. The fraction of sp³-hybridized carbons (Fsp3) is 0.562. The van der Waals surface area contributed by atoms with Crippen molar-refractivity contribution in [2.75, 3.05) is 0 Å². The Balaban J connectivity index is 2.20. The van der Waals surface area contributed by atoms with Crippen molar-refractivity contribution >= 4 is 11.0 Å². The predicted molar refractivity (Wildman–Crippen MR) is 81.2 cm³/mol. The molecular weight excluding hydrogens is 234 g/mol. The number of para-hydroxylation sites is 2. The fourth-order valence-electron chi connectivity index (χ4n) is 2.64. The Bertz CT molecular complexity index is 530. The number of fused-ring (bicyclic) bond motifs is 1. The molecule has 0 fully saturated rings. The number of nitrogens with two attached hydrogens (primary N) is 1. The molecule has 3 nitrogen and oxygen atoms in total. The molecule has 104 valence electrons. The molecule has 0 aliphatic carbocycles. The number of hydrogen-bond acceptors (Lipinski definition) is 2. The van der Waals surface area contributed by atoms with Crippen molar-refractivity contribution in [3.63, 3.8) is 0 Å². The molecule has 2 unspecified atom stereocenters. The van der Waals surface area contributed by atoms with Crippen LogP contribution in [0.5, 0.6) is 0 Å². The van der Waals surface area contributed by atoms with E-state index in [0.29, 0.717) is 5.92 Å². The second-order valence-electron chi connectivity index (χ2n) is 5.47. The molecule has 2 atom stereocenters. The van der Waals surface area contributed by atoms with Crippen molar-refractivity contribution in [3.05, 3.63) is 30.1 Å². The van der Waals surface area contributed by atoms with Crippen LogP contribution in [0, 0.1) is 5.92 Å². The van der Waals surface area contributed by atoms with Gasteiger partial charge in [0.1, 0.15) is 5.82 Å². The second-order valence-corrected chi connectivity index (χ2v) is 5.47. The molecule has 0 bridgehead atoms. The van der Waals surface area contributed by atoms with Crippen molar-refractivity contribution in [2.24, 2.45) is 11.7 Å². The summed E-state index contributed by atoms with van der Waals surface area (Å²) in [5, 5.41) is 0. The van der Waals surface area contributed by atoms with E-state index in [2.05, 4.69) is 43.5 Å². The van der Waals surface area contributed by atoms with Crippen LogP contribution in [0.1, 0.15) is 39.4 Å². The molecule has 1 aromatic carbocycles. The molecule has 0 spiro atoms. The molecule has 2 N–H and O–H groups in total. The summed E-state index contributed by atoms with van der Waals surface area (Å²) in [6.07, 6.45) is 3.13. The molecule has 1 heterocycles. The number of rotatable bonds is 6. The summed E-state index contributed by atoms with van der Waals surface area (Å²) < 4.78 is 2.28. The lowest BCUT2D eigenvalue weighted by Gasteiger charge is -2.16. The largest absolute Gasteiger partial charge is 0.328 e. The number of nitrogens with zero attached hydrogens (tertiary/aromatic N) is 2. The summed E-state index contributed by atoms with van der Waals surface area (Å²) in [7, 11) is 0. The van der Waals surface area contributed by atoms with Gasteiger partial charge in [0.25, 0.3) is 0 Å². The molecule has 0 radical (unpaired) electrons. The summed E-state index contributed by atoms with van der Waals surface area (Å²) in [5.74, 6) is 1.81. The molecule has 0 saturated heterocycles. The molecular formula is C16H25N3. The molecule has 0 saturated carbocycles. The van der Waals surface area contributed by atoms with Gasteiger partial charge in [0.15, 0.2) is 0 Å². The zero-order valence-corrected chi connectivity index (χ0v) is 12.3. The van der Waals surface area contributed by atoms with E-state index >= 15 is 0 Å². The van der Waals surface area contributed by atoms with Gasteiger partial charge in [-0.25, -0.2) is 4.98 Å². The van der Waals surface area contributed by atoms with Gasteiger partial charge in [0, 0.05) is 19.0 Å². The van der Waals surface area contributed by atoms with E-state index in [9.17, 15) is 0 Å². The van der Waals surface area contributed by atoms with Gasteiger partial charge >= 0.3 is 0 Å². The lowest BCUT2D eigenvalue weighted by molar-refractivity contribution is 0.442. The van der Waals surface area contributed by atoms with Crippen LogP contribution in [0.25, 0.3) is 11.0 Å². The van der Waals surface area contributed by atoms with Crippen molar-refractivity contribution in [3.8, 4) is 0 Å². The summed E-state index contributed by atoms with van der Waals surface area (Å²) in [6, 6.07) is 8.52. The third-order valence-electron chi connectivity index (χ3n) is 3.90. The van der Waals surface area contributed by atoms with E-state index in [0.717, 1.165) is 30.7 Å². The van der Waals surface area contributed by atoms with Crippen molar-refractivity contribution in [2.45, 2.75) is 52.6 Å². The summed E-state index contributed by atoms with van der Waals surface area (Å²) in [4.78, 5) is 4.74. The zero-order valence-electron chi connectivity index (χ0n) is 12.3. The first-order valence-corrected chi connectivity index (χ1v) is 7.35. The normalized spacial score (nSPS) is 14.7. The summed E-state index contributed by atoms with van der Waals surface area (Å²) in [5.41, 5.74) is 8.57. The Morgan fingerprint density at radius 1 is 1.26 bits per heavy atom. The van der Waals surface area contributed by atoms with Gasteiger partial charge in [-0.15, -0.1) is 0 Å². The lowest BCUT2D eigenvalue weighted by atomic mass is 9.98. The van der Waals surface area contributed by atoms with Crippen LogP contribution in [0.15, 0.2) is 24.3 Å². The first-order valence-electron chi connectivity index (χ1n) is 7.35. The highest BCUT2D eigenvalue weighted by molar-refractivity contribution is 5.75. The highest BCUT2D eigenvalue weighted by Crippen LogP contribution is 2.18. The number of hydrogen-bond donors (Lipinski definition) is 1. The Morgan fingerprint density at radius 3 is 2.68 bits per heavy atom. The van der Waals surface area contributed by atoms with Gasteiger partial charge in [-0.2, -0.15) is 0 Å². The van der Waals surface area contributed by atoms with Gasteiger partial charge in [-0.1, -0.05) is 32.4 Å². The highest BCUT2D eigenvalue weighted by atomic mass is 15.1. The summed E-state index contributed by atoms with van der Waals surface area (Å²) >= 11 is 0. The zero-order chi connectivity index (χ0) is 13.8. The topological polar surface area (TPSA) is 43.8 Å². The van der Waals surface area contributed by atoms with E-state index in [1.807, 2.05) is 6.07 Å². The van der Waals surface area contributed by atoms with E-state index < -0.39 is 0 Å². The maximum atomic E-state index is 6.27. The number of benzene rings is 1. The number of aryl methyl sites for hydroxylation is 1. The first-order chi connectivity index (χ1) is 9.15. The van der Waals surface area contributed by atoms with Gasteiger partial charge < -0.3 is 10.3 Å². The fourth-order valence-corrected chi connectivity index (χ4v) is 2.64. The van der Waals surface area contributed by atoms with Crippen molar-refractivity contribution < 1.29 is 0 Å². The highest BCUT2D eigenvalue weighted by Gasteiger charge is 2.14. The van der Waals surface area contributed by atoms with Crippen molar-refractivity contribution in [1.29, 1.82) is 0 Å². The van der Waals surface area contributed by atoms with Crippen LogP contribution in [-0.2, 0) is 13.0 Å². The third kappa shape index (κ3) is 3.16. The van der Waals surface area contributed by atoms with Crippen LogP contribution >= 0.6 is 0 Å². The molecule has 0 amide bonds. The van der Waals surface area contributed by atoms with Gasteiger partial charge in [0.2, 0.25) is 0 Å². The van der Waals surface area contributed by atoms with E-state index in [4.69, 9.17) is 10.7 Å². The van der Waals surface area contributed by atoms with Crippen LogP contribution in [0.3, 0.4) is 0 Å². The number of imidazole rings is 1. The lowest BCUT2D eigenvalue weighted by Crippen LogP contribution is -2.26. The summed E-state index contributed by atoms with van der Waals surface area (Å²) in [6.45, 7) is 7.60. The Kier molecular flexibility index (Phi) is 4.59. The quantitative estimate of drug-likeness (QED) is 0.864. The smallest absolute Gasteiger partial charge is 0.111 e. The number of aromatic nitrogens is 2. The molecule has 19 heavy (non-hydrogen) atoms. The Labute approximate surface area is 115 Å². The second kappa shape index (κ2) is 6.20. The molecule has 1 aromatic heterocycles. The molecule has 2 rings (SSSR count). The Morgan fingerprint density at radius 2 is 2.00 bits per heavy atom. The molecule has 3 heteroatoms. The van der Waals surface area contributed by atoms with Crippen molar-refractivity contribution in [1.82, 2.24) is 9.55 Å². The average molecular weight is 259 g/mol. The predicted octanol–water partition coefficient (Wildman–Crippen LogP) is 3.36. The third-order valence-corrected chi connectivity index (χ3v) is 3.90. The van der Waals surface area contributed by atoms with E-state index in [1.54, 1.807) is 0 Å². The van der Waals surface area contributed by atoms with Gasteiger partial charge in [-0.05, 0) is 31.4 Å². The van der Waals surface area contributed by atoms with Crippen LogP contribution in [0.2, 0.25) is 0 Å². The van der Waals surface area contributed by atoms with E-state index in [-0.39, 0.29) is 6.04 Å². The van der Waals surface area contributed by atoms with Crippen LogP contribution < -0.4 is 5.73 Å². The minimum atomic E-state index is 0.206. The van der Waals surface area contributed by atoms with Gasteiger partial charge in [0.05, 0.1) is 11.0 Å². The first kappa shape index (κ1) is 14.1. The molecule has 0 aliphatic rings. The molecule has 2 aromatic rings. The Hall–Kier alpha value is -1.35. The SMILES string of the molecule is CCC(C)CC(N)Cc1nc2ccccc2n1CC. The van der Waals surface area contributed by atoms with Crippen LogP contribution in [-0.4, -0.2) is 15.6 Å². The monoisotopic (exact) mass is 259 g/mol. The van der Waals surface area contributed by atoms with Crippen LogP contribution in [0.4, 0.5) is 0 Å². The maximum absolute atomic E-state index is 6.27.